The number of rotatable bonds is 6. The second-order valence-corrected chi connectivity index (χ2v) is 8.46. The number of nitrogens with two attached hydrogens (primary N) is 1. The lowest BCUT2D eigenvalue weighted by atomic mass is 10.2. The average Bonchev–Trinajstić information content (AvgIpc) is 2.33. The van der Waals surface area contributed by atoms with Crippen molar-refractivity contribution in [2.45, 2.75) is 18.7 Å². The van der Waals surface area contributed by atoms with E-state index in [1.165, 1.54) is 6.07 Å². The molecule has 5 nitrogen and oxygen atoms in total. The predicted octanol–water partition coefficient (Wildman–Crippen LogP) is 1.39. The highest BCUT2D eigenvalue weighted by Crippen LogP contribution is 2.25. The fraction of sp³-hybridized carbons (Fsp3) is 0.455. The summed E-state index contributed by atoms with van der Waals surface area (Å²) in [6.45, 7) is 3.60. The molecular weight excluding hydrogens is 352 g/mol. The zero-order valence-corrected chi connectivity index (χ0v) is 14.0. The van der Waals surface area contributed by atoms with Crippen LogP contribution in [0.1, 0.15) is 12.5 Å². The molecule has 1 rings (SSSR count). The quantitative estimate of drug-likeness (QED) is 0.742. The molecule has 108 valence electrons. The largest absolute Gasteiger partial charge is 0.398 e. The van der Waals surface area contributed by atoms with Crippen molar-refractivity contribution in [2.75, 3.05) is 23.8 Å². The van der Waals surface area contributed by atoms with Gasteiger partial charge in [-0.05, 0) is 24.6 Å². The predicted molar refractivity (Wildman–Crippen MR) is 82.0 cm³/mol. The zero-order chi connectivity index (χ0) is 14.6. The third kappa shape index (κ3) is 4.55. The molecule has 19 heavy (non-hydrogen) atoms. The Morgan fingerprint density at radius 2 is 2.05 bits per heavy atom. The molecule has 0 fully saturated rings. The van der Waals surface area contributed by atoms with Gasteiger partial charge in [0, 0.05) is 39.0 Å². The number of benzene rings is 1. The van der Waals surface area contributed by atoms with Gasteiger partial charge in [-0.25, -0.2) is 13.1 Å². The lowest BCUT2D eigenvalue weighted by Crippen LogP contribution is -2.29. The monoisotopic (exact) mass is 368 g/mol. The van der Waals surface area contributed by atoms with E-state index in [-0.39, 0.29) is 11.4 Å². The van der Waals surface area contributed by atoms with E-state index in [1.54, 1.807) is 19.9 Å². The first-order valence-corrected chi connectivity index (χ1v) is 9.44. The van der Waals surface area contributed by atoms with E-state index in [1.807, 2.05) is 0 Å². The maximum absolute atomic E-state index is 12.1. The normalized spacial score (nSPS) is 13.4. The summed E-state index contributed by atoms with van der Waals surface area (Å²) in [6, 6.07) is 3.16. The van der Waals surface area contributed by atoms with Gasteiger partial charge in [0.1, 0.15) is 0 Å². The average molecular weight is 369 g/mol. The number of halogens is 1. The molecule has 0 aliphatic heterocycles. The molecule has 0 bridgehead atoms. The molecular formula is C11H17BrN2O3S2. The van der Waals surface area contributed by atoms with Gasteiger partial charge in [-0.15, -0.1) is 0 Å². The third-order valence-corrected chi connectivity index (χ3v) is 5.95. The molecule has 1 atom stereocenters. The smallest absolute Gasteiger partial charge is 0.240 e. The second kappa shape index (κ2) is 6.83. The number of nitrogen functional groups attached to an aromatic ring is 1. The Kier molecular flexibility index (Phi) is 5.97. The maximum Gasteiger partial charge on any atom is 0.240 e. The Balaban J connectivity index is 2.92. The summed E-state index contributed by atoms with van der Waals surface area (Å²) in [7, 11) is -4.63. The number of sulfonamides is 1. The van der Waals surface area contributed by atoms with Gasteiger partial charge in [0.25, 0.3) is 0 Å². The summed E-state index contributed by atoms with van der Waals surface area (Å²) >= 11 is 3.22. The zero-order valence-electron chi connectivity index (χ0n) is 10.8. The lowest BCUT2D eigenvalue weighted by Gasteiger charge is -2.11. The van der Waals surface area contributed by atoms with E-state index in [0.717, 1.165) is 0 Å². The summed E-state index contributed by atoms with van der Waals surface area (Å²) in [4.78, 5) is 0.140. The van der Waals surface area contributed by atoms with E-state index in [0.29, 0.717) is 27.2 Å². The van der Waals surface area contributed by atoms with Crippen LogP contribution in [-0.4, -0.2) is 30.7 Å². The van der Waals surface area contributed by atoms with Crippen molar-refractivity contribution in [3.63, 3.8) is 0 Å². The first-order valence-electron chi connectivity index (χ1n) is 5.68. The minimum Gasteiger partial charge on any atom is -0.398 e. The highest BCUT2D eigenvalue weighted by Gasteiger charge is 2.18. The van der Waals surface area contributed by atoms with Crippen molar-refractivity contribution >= 4 is 42.4 Å². The summed E-state index contributed by atoms with van der Waals surface area (Å²) in [6.07, 6.45) is 0. The Labute approximate surface area is 124 Å². The van der Waals surface area contributed by atoms with Gasteiger partial charge in [0.2, 0.25) is 10.0 Å². The standard InChI is InChI=1S/C11H17BrN2O3S2/c1-3-18(15)5-4-14-19(16,17)11-7-9(12)6-10(13)8(11)2/h6-7,14H,3-5,13H2,1-2H3. The van der Waals surface area contributed by atoms with Crippen molar-refractivity contribution in [1.82, 2.24) is 4.72 Å². The molecule has 0 radical (unpaired) electrons. The second-order valence-electron chi connectivity index (χ2n) is 3.95. The highest BCUT2D eigenvalue weighted by molar-refractivity contribution is 9.10. The molecule has 0 aliphatic carbocycles. The SMILES string of the molecule is CCS(=O)CCNS(=O)(=O)c1cc(Br)cc(N)c1C. The highest BCUT2D eigenvalue weighted by atomic mass is 79.9. The molecule has 0 spiro atoms. The molecule has 0 aromatic heterocycles. The lowest BCUT2D eigenvalue weighted by molar-refractivity contribution is 0.583. The van der Waals surface area contributed by atoms with Crippen molar-refractivity contribution in [3.8, 4) is 0 Å². The minimum absolute atomic E-state index is 0.140. The number of hydrogen-bond acceptors (Lipinski definition) is 4. The fourth-order valence-electron chi connectivity index (χ4n) is 1.47. The molecule has 3 N–H and O–H groups in total. The molecule has 0 saturated heterocycles. The molecule has 0 heterocycles. The fourth-order valence-corrected chi connectivity index (χ4v) is 4.17. The van der Waals surface area contributed by atoms with Gasteiger partial charge in [0.15, 0.2) is 0 Å². The van der Waals surface area contributed by atoms with Crippen molar-refractivity contribution in [3.05, 3.63) is 22.2 Å². The van der Waals surface area contributed by atoms with Crippen LogP contribution in [0.2, 0.25) is 0 Å². The van der Waals surface area contributed by atoms with Gasteiger partial charge < -0.3 is 5.73 Å². The summed E-state index contributed by atoms with van der Waals surface area (Å²) in [5, 5.41) is 0. The number of hydrogen-bond donors (Lipinski definition) is 2. The summed E-state index contributed by atoms with van der Waals surface area (Å²) < 4.78 is 38.6. The Hall–Kier alpha value is -0.440. The van der Waals surface area contributed by atoms with Crippen molar-refractivity contribution < 1.29 is 12.6 Å². The van der Waals surface area contributed by atoms with Crippen LogP contribution in [0.5, 0.6) is 0 Å². The Morgan fingerprint density at radius 1 is 1.42 bits per heavy atom. The van der Waals surface area contributed by atoms with Crippen LogP contribution in [0.4, 0.5) is 5.69 Å². The molecule has 1 aromatic carbocycles. The Bertz CT molecular complexity index is 588. The molecule has 0 aliphatic rings. The van der Waals surface area contributed by atoms with Gasteiger partial charge in [-0.2, -0.15) is 0 Å². The molecule has 0 saturated carbocycles. The molecule has 8 heteroatoms. The van der Waals surface area contributed by atoms with E-state index in [9.17, 15) is 12.6 Å². The topological polar surface area (TPSA) is 89.3 Å². The first-order chi connectivity index (χ1) is 8.77. The van der Waals surface area contributed by atoms with Gasteiger partial charge in [-0.3, -0.25) is 4.21 Å². The van der Waals surface area contributed by atoms with Gasteiger partial charge in [0.05, 0.1) is 4.90 Å². The van der Waals surface area contributed by atoms with Crippen LogP contribution in [0, 0.1) is 6.92 Å². The van der Waals surface area contributed by atoms with E-state index in [4.69, 9.17) is 5.73 Å². The molecule has 1 aromatic rings. The molecule has 0 amide bonds. The van der Waals surface area contributed by atoms with E-state index < -0.39 is 20.8 Å². The van der Waals surface area contributed by atoms with Crippen LogP contribution in [0.3, 0.4) is 0 Å². The minimum atomic E-state index is -3.63. The maximum atomic E-state index is 12.1. The molecule has 1 unspecified atom stereocenters. The Morgan fingerprint density at radius 3 is 2.63 bits per heavy atom. The van der Waals surface area contributed by atoms with Crippen LogP contribution >= 0.6 is 15.9 Å². The van der Waals surface area contributed by atoms with E-state index in [2.05, 4.69) is 20.7 Å². The number of nitrogens with one attached hydrogen (secondary N) is 1. The van der Waals surface area contributed by atoms with Gasteiger partial charge >= 0.3 is 0 Å². The van der Waals surface area contributed by atoms with Crippen LogP contribution in [0.15, 0.2) is 21.5 Å². The van der Waals surface area contributed by atoms with Crippen LogP contribution in [-0.2, 0) is 20.8 Å². The van der Waals surface area contributed by atoms with Crippen molar-refractivity contribution in [2.24, 2.45) is 0 Å². The first kappa shape index (κ1) is 16.6. The van der Waals surface area contributed by atoms with Gasteiger partial charge in [-0.1, -0.05) is 22.9 Å². The summed E-state index contributed by atoms with van der Waals surface area (Å²) in [5.41, 5.74) is 6.66. The van der Waals surface area contributed by atoms with Crippen LogP contribution < -0.4 is 10.5 Å². The van der Waals surface area contributed by atoms with E-state index >= 15 is 0 Å². The summed E-state index contributed by atoms with van der Waals surface area (Å²) in [5.74, 6) is 0.822. The van der Waals surface area contributed by atoms with Crippen molar-refractivity contribution in [1.29, 1.82) is 0 Å². The van der Waals surface area contributed by atoms with Crippen LogP contribution in [0.25, 0.3) is 0 Å². The number of anilines is 1. The third-order valence-electron chi connectivity index (χ3n) is 2.60.